The Kier molecular flexibility index (Phi) is 10.5. The molecule has 0 amide bonds. The Labute approximate surface area is 144 Å². The van der Waals surface area contributed by atoms with E-state index in [2.05, 4.69) is 49.2 Å². The quantitative estimate of drug-likeness (QED) is 0.517. The summed E-state index contributed by atoms with van der Waals surface area (Å²) < 4.78 is 0. The molecule has 1 aromatic carbocycles. The fourth-order valence-electron chi connectivity index (χ4n) is 3.23. The molecule has 0 saturated heterocycles. The Bertz CT molecular complexity index is 432. The van der Waals surface area contributed by atoms with E-state index >= 15 is 0 Å². The fourth-order valence-corrected chi connectivity index (χ4v) is 3.23. The van der Waals surface area contributed by atoms with Crippen molar-refractivity contribution in [1.29, 1.82) is 0 Å². The van der Waals surface area contributed by atoms with Gasteiger partial charge in [0.1, 0.15) is 0 Å². The van der Waals surface area contributed by atoms with Crippen LogP contribution in [0.2, 0.25) is 0 Å². The lowest BCUT2D eigenvalue weighted by Gasteiger charge is -2.25. The highest BCUT2D eigenvalue weighted by Gasteiger charge is 2.09. The fraction of sp³-hybridized carbons (Fsp3) is 0.636. The summed E-state index contributed by atoms with van der Waals surface area (Å²) >= 11 is 0. The molecule has 1 aliphatic carbocycles. The third kappa shape index (κ3) is 7.24. The van der Waals surface area contributed by atoms with Crippen LogP contribution in [0.4, 0.5) is 5.69 Å². The molecule has 0 radical (unpaired) electrons. The van der Waals surface area contributed by atoms with Crippen molar-refractivity contribution < 1.29 is 0 Å². The highest BCUT2D eigenvalue weighted by molar-refractivity contribution is 5.54. The standard InChI is InChI=1S/C14H19N.C6H12.C2H6/c1-3-12-8-9-13-6-4-5-7-14(13)15(2)11-10-12;1-2-4-6-5-3-1;1-2/h4-8H,3,9-11H2,1-2H3;1-6H2;1-2H3. The van der Waals surface area contributed by atoms with E-state index in [0.29, 0.717) is 0 Å². The first-order valence-electron chi connectivity index (χ1n) is 9.78. The molecule has 0 aromatic heterocycles. The van der Waals surface area contributed by atoms with Crippen molar-refractivity contribution in [1.82, 2.24) is 0 Å². The number of benzene rings is 1. The second-order valence-electron chi connectivity index (χ2n) is 6.34. The zero-order valence-corrected chi connectivity index (χ0v) is 15.9. The summed E-state index contributed by atoms with van der Waals surface area (Å²) in [6.07, 6.45) is 14.9. The molecule has 1 saturated carbocycles. The number of rotatable bonds is 1. The SMILES string of the molecule is C1CCCCC1.CC.CCC1=CCc2ccccc2N(C)CC1. The maximum absolute atomic E-state index is 2.41. The molecule has 0 N–H and O–H groups in total. The molecule has 0 bridgehead atoms. The zero-order valence-electron chi connectivity index (χ0n) is 15.9. The average Bonchev–Trinajstić information content (AvgIpc) is 2.64. The summed E-state index contributed by atoms with van der Waals surface area (Å²) in [4.78, 5) is 2.37. The topological polar surface area (TPSA) is 3.24 Å². The van der Waals surface area contributed by atoms with Crippen molar-refractivity contribution in [3.05, 3.63) is 41.5 Å². The summed E-state index contributed by atoms with van der Waals surface area (Å²) in [6.45, 7) is 7.38. The minimum atomic E-state index is 1.09. The van der Waals surface area contributed by atoms with Crippen molar-refractivity contribution in [3.8, 4) is 0 Å². The first kappa shape index (κ1) is 19.8. The van der Waals surface area contributed by atoms with Crippen molar-refractivity contribution in [2.24, 2.45) is 0 Å². The molecule has 1 heteroatoms. The van der Waals surface area contributed by atoms with Gasteiger partial charge in [-0.1, -0.05) is 89.1 Å². The molecule has 0 unspecified atom stereocenters. The first-order chi connectivity index (χ1) is 11.3. The maximum Gasteiger partial charge on any atom is 0.0399 e. The number of anilines is 1. The lowest BCUT2D eigenvalue weighted by Crippen LogP contribution is -2.21. The van der Waals surface area contributed by atoms with Crippen molar-refractivity contribution in [2.75, 3.05) is 18.5 Å². The molecule has 0 atom stereocenters. The highest BCUT2D eigenvalue weighted by Crippen LogP contribution is 2.24. The molecular weight excluding hydrogens is 278 g/mol. The number of hydrogen-bond donors (Lipinski definition) is 0. The van der Waals surface area contributed by atoms with E-state index in [-0.39, 0.29) is 0 Å². The molecular formula is C22H37N. The van der Waals surface area contributed by atoms with Crippen LogP contribution in [0.1, 0.15) is 77.7 Å². The second-order valence-corrected chi connectivity index (χ2v) is 6.34. The van der Waals surface area contributed by atoms with Crippen LogP contribution >= 0.6 is 0 Å². The van der Waals surface area contributed by atoms with Crippen LogP contribution in [0.3, 0.4) is 0 Å². The minimum absolute atomic E-state index is 1.09. The van der Waals surface area contributed by atoms with E-state index in [1.54, 1.807) is 5.57 Å². The van der Waals surface area contributed by atoms with Crippen LogP contribution in [0.5, 0.6) is 0 Å². The summed E-state index contributed by atoms with van der Waals surface area (Å²) in [5.41, 5.74) is 4.44. The summed E-state index contributed by atoms with van der Waals surface area (Å²) in [6, 6.07) is 8.72. The Morgan fingerprint density at radius 3 is 2.04 bits per heavy atom. The Balaban J connectivity index is 0.000000276. The van der Waals surface area contributed by atoms with Gasteiger partial charge in [-0.2, -0.15) is 0 Å². The van der Waals surface area contributed by atoms with Gasteiger partial charge in [-0.3, -0.25) is 0 Å². The normalized spacial score (nSPS) is 17.2. The van der Waals surface area contributed by atoms with Crippen LogP contribution in [0, 0.1) is 0 Å². The summed E-state index contributed by atoms with van der Waals surface area (Å²) in [5, 5.41) is 0. The predicted octanol–water partition coefficient (Wildman–Crippen LogP) is 6.77. The monoisotopic (exact) mass is 315 g/mol. The van der Waals surface area contributed by atoms with Crippen molar-refractivity contribution in [3.63, 3.8) is 0 Å². The number of fused-ring (bicyclic) bond motifs is 1. The molecule has 2 aliphatic rings. The van der Waals surface area contributed by atoms with Crippen LogP contribution < -0.4 is 4.90 Å². The third-order valence-corrected chi connectivity index (χ3v) is 4.74. The van der Waals surface area contributed by atoms with Gasteiger partial charge >= 0.3 is 0 Å². The largest absolute Gasteiger partial charge is 0.374 e. The van der Waals surface area contributed by atoms with E-state index < -0.39 is 0 Å². The van der Waals surface area contributed by atoms with Gasteiger partial charge in [0.05, 0.1) is 0 Å². The summed E-state index contributed by atoms with van der Waals surface area (Å²) in [7, 11) is 2.19. The smallest absolute Gasteiger partial charge is 0.0399 e. The second kappa shape index (κ2) is 12.2. The van der Waals surface area contributed by atoms with E-state index in [4.69, 9.17) is 0 Å². The molecule has 1 aliphatic heterocycles. The lowest BCUT2D eigenvalue weighted by atomic mass is 10.0. The minimum Gasteiger partial charge on any atom is -0.374 e. The molecule has 1 aromatic rings. The highest BCUT2D eigenvalue weighted by atomic mass is 15.1. The van der Waals surface area contributed by atoms with Gasteiger partial charge in [-0.15, -0.1) is 0 Å². The van der Waals surface area contributed by atoms with Gasteiger partial charge < -0.3 is 4.90 Å². The van der Waals surface area contributed by atoms with Gasteiger partial charge in [0.15, 0.2) is 0 Å². The predicted molar refractivity (Wildman–Crippen MR) is 105 cm³/mol. The van der Waals surface area contributed by atoms with Gasteiger partial charge in [0.2, 0.25) is 0 Å². The van der Waals surface area contributed by atoms with Crippen molar-refractivity contribution >= 4 is 5.69 Å². The summed E-state index contributed by atoms with van der Waals surface area (Å²) in [5.74, 6) is 0. The molecule has 1 nitrogen and oxygen atoms in total. The van der Waals surface area contributed by atoms with Crippen LogP contribution in [-0.4, -0.2) is 13.6 Å². The van der Waals surface area contributed by atoms with Crippen LogP contribution in [-0.2, 0) is 6.42 Å². The van der Waals surface area contributed by atoms with Gasteiger partial charge in [0, 0.05) is 19.3 Å². The third-order valence-electron chi connectivity index (χ3n) is 4.74. The average molecular weight is 316 g/mol. The molecule has 23 heavy (non-hydrogen) atoms. The molecule has 3 rings (SSSR count). The Morgan fingerprint density at radius 1 is 0.913 bits per heavy atom. The van der Waals surface area contributed by atoms with Gasteiger partial charge in [0.25, 0.3) is 0 Å². The number of para-hydroxylation sites is 1. The molecule has 1 heterocycles. The van der Waals surface area contributed by atoms with E-state index in [1.807, 2.05) is 13.8 Å². The van der Waals surface area contributed by atoms with Gasteiger partial charge in [-0.05, 0) is 30.9 Å². The van der Waals surface area contributed by atoms with Gasteiger partial charge in [-0.25, -0.2) is 0 Å². The van der Waals surface area contributed by atoms with Crippen LogP contribution in [0.25, 0.3) is 0 Å². The molecule has 1 fully saturated rings. The number of hydrogen-bond acceptors (Lipinski definition) is 1. The molecule has 0 spiro atoms. The van der Waals surface area contributed by atoms with E-state index in [9.17, 15) is 0 Å². The number of allylic oxidation sites excluding steroid dienone is 1. The maximum atomic E-state index is 2.41. The first-order valence-corrected chi connectivity index (χ1v) is 9.78. The van der Waals surface area contributed by atoms with Crippen LogP contribution in [0.15, 0.2) is 35.9 Å². The van der Waals surface area contributed by atoms with E-state index in [0.717, 1.165) is 13.0 Å². The number of nitrogens with zero attached hydrogens (tertiary/aromatic N) is 1. The van der Waals surface area contributed by atoms with Crippen molar-refractivity contribution in [2.45, 2.75) is 78.6 Å². The molecule has 130 valence electrons. The lowest BCUT2D eigenvalue weighted by molar-refractivity contribution is 0.504. The van der Waals surface area contributed by atoms with E-state index in [1.165, 1.54) is 62.6 Å². The Morgan fingerprint density at radius 2 is 1.48 bits per heavy atom. The zero-order chi connectivity index (χ0) is 16.9. The Hall–Kier alpha value is -1.24.